The van der Waals surface area contributed by atoms with Crippen LogP contribution in [0.25, 0.3) is 0 Å². The van der Waals surface area contributed by atoms with E-state index < -0.39 is 5.82 Å². The quantitative estimate of drug-likeness (QED) is 0.665. The highest BCUT2D eigenvalue weighted by Gasteiger charge is 2.12. The third-order valence-electron chi connectivity index (χ3n) is 4.88. The maximum absolute atomic E-state index is 13.7. The van der Waals surface area contributed by atoms with Crippen LogP contribution < -0.4 is 15.5 Å². The topological polar surface area (TPSA) is 70.2 Å². The van der Waals surface area contributed by atoms with Crippen LogP contribution in [-0.2, 0) is 0 Å². The summed E-state index contributed by atoms with van der Waals surface area (Å²) in [5.74, 6) is -0.475. The van der Waals surface area contributed by atoms with E-state index in [0.717, 1.165) is 13.1 Å². The summed E-state index contributed by atoms with van der Waals surface area (Å²) in [6, 6.07) is 14.1. The average molecular weight is 391 g/mol. The number of hydrogen-bond acceptors (Lipinski definition) is 5. The summed E-state index contributed by atoms with van der Waals surface area (Å²) in [6.45, 7) is 2.16. The fraction of sp³-hybridized carbons (Fsp3) is 0.227. The van der Waals surface area contributed by atoms with Crippen LogP contribution in [0.2, 0.25) is 0 Å². The molecule has 148 valence electrons. The Hall–Kier alpha value is -3.48. The predicted octanol–water partition coefficient (Wildman–Crippen LogP) is 4.60. The number of hydrogen-bond donors (Lipinski definition) is 2. The van der Waals surface area contributed by atoms with Crippen LogP contribution in [-0.4, -0.2) is 29.0 Å². The van der Waals surface area contributed by atoms with Gasteiger partial charge in [0.1, 0.15) is 5.82 Å². The third-order valence-corrected chi connectivity index (χ3v) is 4.88. The Labute approximate surface area is 168 Å². The summed E-state index contributed by atoms with van der Waals surface area (Å²) in [5.41, 5.74) is 2.49. The zero-order valence-corrected chi connectivity index (χ0v) is 15.9. The van der Waals surface area contributed by atoms with Crippen LogP contribution in [0.1, 0.15) is 29.6 Å². The molecule has 0 spiro atoms. The molecule has 0 atom stereocenters. The number of aromatic nitrogens is 2. The highest BCUT2D eigenvalue weighted by Crippen LogP contribution is 2.22. The fourth-order valence-electron chi connectivity index (χ4n) is 3.30. The molecule has 0 saturated carbocycles. The van der Waals surface area contributed by atoms with E-state index in [0.29, 0.717) is 11.3 Å². The molecule has 4 rings (SSSR count). The van der Waals surface area contributed by atoms with E-state index in [2.05, 4.69) is 25.5 Å². The van der Waals surface area contributed by atoms with Crippen LogP contribution in [0.4, 0.5) is 27.4 Å². The molecule has 1 fully saturated rings. The van der Waals surface area contributed by atoms with Crippen molar-refractivity contribution in [2.24, 2.45) is 0 Å². The summed E-state index contributed by atoms with van der Waals surface area (Å²) < 4.78 is 13.7. The van der Waals surface area contributed by atoms with Crippen molar-refractivity contribution in [2.45, 2.75) is 19.3 Å². The second-order valence-corrected chi connectivity index (χ2v) is 6.95. The van der Waals surface area contributed by atoms with Crippen LogP contribution in [0.5, 0.6) is 0 Å². The number of rotatable bonds is 5. The smallest absolute Gasteiger partial charge is 0.258 e. The highest BCUT2D eigenvalue weighted by atomic mass is 19.1. The molecule has 0 aliphatic carbocycles. The predicted molar refractivity (Wildman–Crippen MR) is 112 cm³/mol. The number of halogens is 1. The van der Waals surface area contributed by atoms with Crippen molar-refractivity contribution in [3.8, 4) is 0 Å². The first-order valence-corrected chi connectivity index (χ1v) is 9.69. The molecule has 0 unspecified atom stereocenters. The van der Waals surface area contributed by atoms with Crippen LogP contribution in [0.3, 0.4) is 0 Å². The molecule has 0 bridgehead atoms. The van der Waals surface area contributed by atoms with Crippen molar-refractivity contribution in [2.75, 3.05) is 28.6 Å². The van der Waals surface area contributed by atoms with Gasteiger partial charge in [-0.15, -0.1) is 0 Å². The van der Waals surface area contributed by atoms with Gasteiger partial charge in [0.2, 0.25) is 5.95 Å². The van der Waals surface area contributed by atoms with Crippen molar-refractivity contribution >= 4 is 28.9 Å². The average Bonchev–Trinajstić information content (AvgIpc) is 2.77. The molecule has 2 heterocycles. The first kappa shape index (κ1) is 18.9. The summed E-state index contributed by atoms with van der Waals surface area (Å²) >= 11 is 0. The lowest BCUT2D eigenvalue weighted by Crippen LogP contribution is -2.29. The standard InChI is InChI=1S/C22H22FN5O/c23-19-6-2-3-7-20(19)27-22-24-14-16(15-25-22)21(29)26-17-8-10-18(11-9-17)28-12-4-1-5-13-28/h2-3,6-11,14-15H,1,4-5,12-13H2,(H,26,29)(H,24,25,27). The monoisotopic (exact) mass is 391 g/mol. The summed E-state index contributed by atoms with van der Waals surface area (Å²) in [5, 5.41) is 5.64. The Morgan fingerprint density at radius 1 is 0.931 bits per heavy atom. The molecule has 1 aliphatic rings. The number of nitrogens with zero attached hydrogens (tertiary/aromatic N) is 3. The van der Waals surface area contributed by atoms with Crippen LogP contribution in [0, 0.1) is 5.82 Å². The largest absolute Gasteiger partial charge is 0.372 e. The second-order valence-electron chi connectivity index (χ2n) is 6.95. The van der Waals surface area contributed by atoms with Gasteiger partial charge in [0, 0.05) is 36.9 Å². The molecular weight excluding hydrogens is 369 g/mol. The van der Waals surface area contributed by atoms with Crippen molar-refractivity contribution in [3.05, 3.63) is 72.3 Å². The number of carbonyl (C=O) groups is 1. The van der Waals surface area contributed by atoms with Gasteiger partial charge in [0.25, 0.3) is 5.91 Å². The van der Waals surface area contributed by atoms with E-state index in [1.54, 1.807) is 18.2 Å². The van der Waals surface area contributed by atoms with E-state index >= 15 is 0 Å². The van der Waals surface area contributed by atoms with Gasteiger partial charge in [-0.1, -0.05) is 12.1 Å². The number of piperidine rings is 1. The highest BCUT2D eigenvalue weighted by molar-refractivity contribution is 6.04. The summed E-state index contributed by atoms with van der Waals surface area (Å²) in [4.78, 5) is 23.0. The molecule has 3 aromatic rings. The van der Waals surface area contributed by atoms with Gasteiger partial charge in [0.05, 0.1) is 11.3 Å². The Morgan fingerprint density at radius 2 is 1.62 bits per heavy atom. The van der Waals surface area contributed by atoms with Crippen molar-refractivity contribution in [1.82, 2.24) is 9.97 Å². The van der Waals surface area contributed by atoms with Gasteiger partial charge in [-0.05, 0) is 55.7 Å². The van der Waals surface area contributed by atoms with Crippen molar-refractivity contribution in [1.29, 1.82) is 0 Å². The summed E-state index contributed by atoms with van der Waals surface area (Å²) in [6.07, 6.45) is 6.56. The van der Waals surface area contributed by atoms with Gasteiger partial charge in [-0.25, -0.2) is 14.4 Å². The van der Waals surface area contributed by atoms with Crippen LogP contribution >= 0.6 is 0 Å². The van der Waals surface area contributed by atoms with E-state index in [-0.39, 0.29) is 17.5 Å². The molecule has 6 nitrogen and oxygen atoms in total. The minimum absolute atomic E-state index is 0.220. The molecule has 29 heavy (non-hydrogen) atoms. The molecule has 1 saturated heterocycles. The Morgan fingerprint density at radius 3 is 2.31 bits per heavy atom. The lowest BCUT2D eigenvalue weighted by molar-refractivity contribution is 0.102. The first-order chi connectivity index (χ1) is 14.2. The van der Waals surface area contributed by atoms with Gasteiger partial charge >= 0.3 is 0 Å². The number of nitrogens with one attached hydrogen (secondary N) is 2. The third kappa shape index (κ3) is 4.68. The lowest BCUT2D eigenvalue weighted by atomic mass is 10.1. The number of amides is 1. The maximum Gasteiger partial charge on any atom is 0.258 e. The van der Waals surface area contributed by atoms with E-state index in [1.165, 1.54) is 43.4 Å². The Kier molecular flexibility index (Phi) is 5.65. The molecule has 1 aliphatic heterocycles. The van der Waals surface area contributed by atoms with Crippen molar-refractivity contribution in [3.63, 3.8) is 0 Å². The zero-order chi connectivity index (χ0) is 20.1. The molecule has 1 amide bonds. The summed E-state index contributed by atoms with van der Waals surface area (Å²) in [7, 11) is 0. The molecule has 0 radical (unpaired) electrons. The second kappa shape index (κ2) is 8.68. The number of carbonyl (C=O) groups excluding carboxylic acids is 1. The van der Waals surface area contributed by atoms with E-state index in [9.17, 15) is 9.18 Å². The van der Waals surface area contributed by atoms with E-state index in [4.69, 9.17) is 0 Å². The first-order valence-electron chi connectivity index (χ1n) is 9.69. The molecule has 1 aromatic heterocycles. The fourth-order valence-corrected chi connectivity index (χ4v) is 3.30. The molecule has 7 heteroatoms. The molecular formula is C22H22FN5O. The Balaban J connectivity index is 1.37. The van der Waals surface area contributed by atoms with Gasteiger partial charge < -0.3 is 15.5 Å². The normalized spacial score (nSPS) is 13.8. The van der Waals surface area contributed by atoms with E-state index in [1.807, 2.05) is 24.3 Å². The number of anilines is 4. The number of para-hydroxylation sites is 1. The van der Waals surface area contributed by atoms with Crippen molar-refractivity contribution < 1.29 is 9.18 Å². The SMILES string of the molecule is O=C(Nc1ccc(N2CCCCC2)cc1)c1cnc(Nc2ccccc2F)nc1. The van der Waals surface area contributed by atoms with Crippen LogP contribution in [0.15, 0.2) is 60.9 Å². The lowest BCUT2D eigenvalue weighted by Gasteiger charge is -2.28. The number of benzene rings is 2. The Bertz CT molecular complexity index is 969. The maximum atomic E-state index is 13.7. The van der Waals surface area contributed by atoms with Gasteiger partial charge in [0.15, 0.2) is 0 Å². The van der Waals surface area contributed by atoms with Gasteiger partial charge in [-0.2, -0.15) is 0 Å². The minimum Gasteiger partial charge on any atom is -0.372 e. The minimum atomic E-state index is -0.397. The molecule has 2 N–H and O–H groups in total. The molecule has 2 aromatic carbocycles. The zero-order valence-electron chi connectivity index (χ0n) is 15.9. The van der Waals surface area contributed by atoms with Gasteiger partial charge in [-0.3, -0.25) is 4.79 Å².